The molecule has 128 valence electrons. The molecule has 1 aromatic carbocycles. The van der Waals surface area contributed by atoms with Gasteiger partial charge in [0.05, 0.1) is 4.90 Å². The van der Waals surface area contributed by atoms with Gasteiger partial charge in [-0.15, -0.1) is 0 Å². The van der Waals surface area contributed by atoms with Gasteiger partial charge in [0.25, 0.3) is 0 Å². The summed E-state index contributed by atoms with van der Waals surface area (Å²) in [6.07, 6.45) is 0.346. The van der Waals surface area contributed by atoms with Crippen molar-refractivity contribution >= 4 is 25.8 Å². The maximum absolute atomic E-state index is 12.8. The molecular formula is C12H13F2NO6S2. The molecule has 23 heavy (non-hydrogen) atoms. The summed E-state index contributed by atoms with van der Waals surface area (Å²) in [6.45, 7) is -0.123. The lowest BCUT2D eigenvalue weighted by Crippen LogP contribution is -2.40. The minimum Gasteiger partial charge on any atom is -0.480 e. The topological polar surface area (TPSA) is 109 Å². The summed E-state index contributed by atoms with van der Waals surface area (Å²) in [5.74, 6) is -5.16. The number of rotatable bonds is 5. The molecule has 0 aromatic heterocycles. The van der Waals surface area contributed by atoms with E-state index in [4.69, 9.17) is 5.11 Å². The molecule has 1 aromatic rings. The highest BCUT2D eigenvalue weighted by Gasteiger charge is 2.42. The number of hydrogen-bond acceptors (Lipinski definition) is 5. The molecular weight excluding hydrogens is 356 g/mol. The van der Waals surface area contributed by atoms with Gasteiger partial charge in [-0.05, 0) is 25.0 Å². The van der Waals surface area contributed by atoms with Crippen molar-refractivity contribution in [2.24, 2.45) is 0 Å². The van der Waals surface area contributed by atoms with Crippen LogP contribution in [0.25, 0.3) is 0 Å². The average Bonchev–Trinajstić information content (AvgIpc) is 2.97. The van der Waals surface area contributed by atoms with E-state index in [2.05, 4.69) is 0 Å². The van der Waals surface area contributed by atoms with Gasteiger partial charge in [-0.3, -0.25) is 4.79 Å². The maximum atomic E-state index is 12.8. The van der Waals surface area contributed by atoms with E-state index >= 15 is 0 Å². The normalized spacial score (nSPS) is 20.0. The summed E-state index contributed by atoms with van der Waals surface area (Å²) in [4.78, 5) is 9.26. The van der Waals surface area contributed by atoms with Gasteiger partial charge in [-0.1, -0.05) is 12.1 Å². The van der Waals surface area contributed by atoms with Crippen LogP contribution in [0.5, 0.6) is 0 Å². The highest BCUT2D eigenvalue weighted by atomic mass is 32.2. The third-order valence-electron chi connectivity index (χ3n) is 3.47. The van der Waals surface area contributed by atoms with Crippen LogP contribution in [0.4, 0.5) is 8.78 Å². The third kappa shape index (κ3) is 3.08. The number of aliphatic carboxylic acids is 1. The number of sulfone groups is 1. The van der Waals surface area contributed by atoms with Crippen molar-refractivity contribution < 1.29 is 35.5 Å². The lowest BCUT2D eigenvalue weighted by Gasteiger charge is -2.22. The molecule has 1 saturated heterocycles. The van der Waals surface area contributed by atoms with Gasteiger partial charge < -0.3 is 5.11 Å². The molecule has 0 saturated carbocycles. The molecule has 7 nitrogen and oxygen atoms in total. The molecule has 1 aliphatic rings. The smallest absolute Gasteiger partial charge is 0.341 e. The van der Waals surface area contributed by atoms with Crippen molar-refractivity contribution in [1.82, 2.24) is 4.31 Å². The van der Waals surface area contributed by atoms with E-state index in [1.807, 2.05) is 0 Å². The van der Waals surface area contributed by atoms with Gasteiger partial charge in [0.15, 0.2) is 0 Å². The third-order valence-corrected chi connectivity index (χ3v) is 7.00. The van der Waals surface area contributed by atoms with E-state index < -0.39 is 47.4 Å². The second-order valence-corrected chi connectivity index (χ2v) is 8.61. The number of carbonyl (C=O) groups is 1. The number of carboxylic acids is 1. The van der Waals surface area contributed by atoms with Crippen molar-refractivity contribution in [3.05, 3.63) is 24.3 Å². The molecule has 0 radical (unpaired) electrons. The fraction of sp³-hybridized carbons (Fsp3) is 0.417. The van der Waals surface area contributed by atoms with Crippen molar-refractivity contribution in [2.45, 2.75) is 34.4 Å². The number of benzene rings is 1. The van der Waals surface area contributed by atoms with Gasteiger partial charge in [0.1, 0.15) is 10.9 Å². The Bertz CT molecular complexity index is 822. The Balaban J connectivity index is 2.61. The van der Waals surface area contributed by atoms with Gasteiger partial charge in [0, 0.05) is 6.54 Å². The Morgan fingerprint density at radius 1 is 1.17 bits per heavy atom. The first kappa shape index (κ1) is 17.8. The van der Waals surface area contributed by atoms with E-state index in [0.29, 0.717) is 4.31 Å². The van der Waals surface area contributed by atoms with Crippen molar-refractivity contribution in [1.29, 1.82) is 0 Å². The minimum atomic E-state index is -5.14. The molecule has 1 heterocycles. The fourth-order valence-corrected chi connectivity index (χ4v) is 5.59. The van der Waals surface area contributed by atoms with E-state index in [1.54, 1.807) is 0 Å². The molecule has 1 fully saturated rings. The largest absolute Gasteiger partial charge is 0.480 e. The van der Waals surface area contributed by atoms with Crippen LogP contribution >= 0.6 is 0 Å². The standard InChI is InChI=1S/C12H13F2NO6S2/c13-12(14)22(18,19)9-5-1-2-6-10(9)23(20,21)15-7-3-4-8(15)11(16)17/h1-2,5-6,8,12H,3-4,7H2,(H,16,17). The summed E-state index contributed by atoms with van der Waals surface area (Å²) in [7, 11) is -9.68. The maximum Gasteiger partial charge on any atom is 0.341 e. The molecule has 1 aliphatic heterocycles. The first-order chi connectivity index (χ1) is 10.6. The van der Waals surface area contributed by atoms with E-state index in [1.165, 1.54) is 6.07 Å². The molecule has 1 N–H and O–H groups in total. The summed E-state index contributed by atoms with van der Waals surface area (Å²) < 4.78 is 74.7. The number of sulfonamides is 1. The average molecular weight is 369 g/mol. The molecule has 0 amide bonds. The summed E-state index contributed by atoms with van der Waals surface area (Å²) >= 11 is 0. The molecule has 0 spiro atoms. The van der Waals surface area contributed by atoms with Crippen LogP contribution in [0.3, 0.4) is 0 Å². The highest BCUT2D eigenvalue weighted by Crippen LogP contribution is 2.31. The molecule has 0 bridgehead atoms. The second kappa shape index (κ2) is 6.13. The second-order valence-electron chi connectivity index (χ2n) is 4.86. The highest BCUT2D eigenvalue weighted by molar-refractivity contribution is 7.93. The zero-order valence-corrected chi connectivity index (χ0v) is 13.2. The lowest BCUT2D eigenvalue weighted by molar-refractivity contribution is -0.140. The lowest BCUT2D eigenvalue weighted by atomic mass is 10.2. The quantitative estimate of drug-likeness (QED) is 0.827. The number of alkyl halides is 2. The SMILES string of the molecule is O=C(O)C1CCCN1S(=O)(=O)c1ccccc1S(=O)(=O)C(F)F. The van der Waals surface area contributed by atoms with E-state index in [9.17, 15) is 30.4 Å². The van der Waals surface area contributed by atoms with Crippen LogP contribution < -0.4 is 0 Å². The van der Waals surface area contributed by atoms with Gasteiger partial charge in [-0.2, -0.15) is 13.1 Å². The predicted octanol–water partition coefficient (Wildman–Crippen LogP) is 0.921. The van der Waals surface area contributed by atoms with Gasteiger partial charge >= 0.3 is 11.7 Å². The number of hydrogen-bond donors (Lipinski definition) is 1. The zero-order valence-electron chi connectivity index (χ0n) is 11.6. The molecule has 1 atom stereocenters. The first-order valence-corrected chi connectivity index (χ1v) is 9.44. The zero-order chi connectivity index (χ0) is 17.4. The van der Waals surface area contributed by atoms with Crippen LogP contribution in [-0.2, 0) is 24.7 Å². The Kier molecular flexibility index (Phi) is 4.74. The summed E-state index contributed by atoms with van der Waals surface area (Å²) in [6, 6.07) is 2.60. The van der Waals surface area contributed by atoms with Crippen LogP contribution in [0.1, 0.15) is 12.8 Å². The fourth-order valence-electron chi connectivity index (χ4n) is 2.40. The monoisotopic (exact) mass is 369 g/mol. The number of nitrogens with zero attached hydrogens (tertiary/aromatic N) is 1. The van der Waals surface area contributed by atoms with Crippen LogP contribution in [0.2, 0.25) is 0 Å². The van der Waals surface area contributed by atoms with E-state index in [0.717, 1.165) is 18.2 Å². The number of carboxylic acid groups (broad SMARTS) is 1. The molecule has 1 unspecified atom stereocenters. The predicted molar refractivity (Wildman–Crippen MR) is 74.2 cm³/mol. The molecule has 0 aliphatic carbocycles. The van der Waals surface area contributed by atoms with Crippen LogP contribution in [-0.4, -0.2) is 50.6 Å². The Morgan fingerprint density at radius 2 is 1.74 bits per heavy atom. The Labute approximate surface area is 131 Å². The van der Waals surface area contributed by atoms with E-state index in [-0.39, 0.29) is 19.4 Å². The Hall–Kier alpha value is -1.59. The Morgan fingerprint density at radius 3 is 2.26 bits per heavy atom. The van der Waals surface area contributed by atoms with Crippen molar-refractivity contribution in [2.75, 3.05) is 6.54 Å². The number of halogens is 2. The minimum absolute atomic E-state index is 0.0678. The summed E-state index contributed by atoms with van der Waals surface area (Å²) in [5.41, 5.74) is 0. The molecule has 2 rings (SSSR count). The van der Waals surface area contributed by atoms with Crippen LogP contribution in [0, 0.1) is 0 Å². The van der Waals surface area contributed by atoms with Crippen molar-refractivity contribution in [3.8, 4) is 0 Å². The van der Waals surface area contributed by atoms with Gasteiger partial charge in [-0.25, -0.2) is 16.8 Å². The first-order valence-electron chi connectivity index (χ1n) is 6.46. The van der Waals surface area contributed by atoms with Crippen LogP contribution in [0.15, 0.2) is 34.1 Å². The molecule has 11 heteroatoms. The summed E-state index contributed by atoms with van der Waals surface area (Å²) in [5, 5.41) is 9.07. The van der Waals surface area contributed by atoms with Crippen molar-refractivity contribution in [3.63, 3.8) is 0 Å². The van der Waals surface area contributed by atoms with Gasteiger partial charge in [0.2, 0.25) is 19.9 Å².